The van der Waals surface area contributed by atoms with Gasteiger partial charge in [-0.15, -0.1) is 0 Å². The van der Waals surface area contributed by atoms with Crippen molar-refractivity contribution in [1.29, 1.82) is 0 Å². The average Bonchev–Trinajstić information content (AvgIpc) is 2.61. The van der Waals surface area contributed by atoms with Crippen LogP contribution in [0, 0.1) is 0 Å². The predicted octanol–water partition coefficient (Wildman–Crippen LogP) is 2.77. The number of phenols is 1. The van der Waals surface area contributed by atoms with E-state index in [9.17, 15) is 14.7 Å². The van der Waals surface area contributed by atoms with Gasteiger partial charge in [0.2, 0.25) is 0 Å². The molecule has 2 aromatic rings. The Bertz CT molecular complexity index is 708. The second-order valence-electron chi connectivity index (χ2n) is 5.14. The Morgan fingerprint density at radius 2 is 1.79 bits per heavy atom. The molecule has 1 atom stereocenters. The van der Waals surface area contributed by atoms with Gasteiger partial charge in [0.1, 0.15) is 11.8 Å². The number of amides is 1. The van der Waals surface area contributed by atoms with Crippen LogP contribution in [-0.4, -0.2) is 30.1 Å². The van der Waals surface area contributed by atoms with Gasteiger partial charge in [0.25, 0.3) is 5.91 Å². The van der Waals surface area contributed by atoms with Gasteiger partial charge >= 0.3 is 5.97 Å². The summed E-state index contributed by atoms with van der Waals surface area (Å²) in [4.78, 5) is 24.1. The molecule has 5 nitrogen and oxygen atoms in total. The molecule has 0 saturated carbocycles. The summed E-state index contributed by atoms with van der Waals surface area (Å²) in [6, 6.07) is 14.7. The first-order valence-electron chi connectivity index (χ1n) is 7.49. The molecule has 124 valence electrons. The molecule has 5 heteroatoms. The zero-order valence-corrected chi connectivity index (χ0v) is 13.3. The predicted molar refractivity (Wildman–Crippen MR) is 91.5 cm³/mol. The Morgan fingerprint density at radius 3 is 2.42 bits per heavy atom. The fourth-order valence-corrected chi connectivity index (χ4v) is 2.12. The lowest BCUT2D eigenvalue weighted by atomic mass is 10.1. The summed E-state index contributed by atoms with van der Waals surface area (Å²) in [6.07, 6.45) is 4.00. The molecule has 2 aromatic carbocycles. The highest BCUT2D eigenvalue weighted by atomic mass is 16.5. The van der Waals surface area contributed by atoms with E-state index in [1.54, 1.807) is 0 Å². The molecule has 0 unspecified atom stereocenters. The zero-order valence-electron chi connectivity index (χ0n) is 13.3. The van der Waals surface area contributed by atoms with Crippen LogP contribution in [0.5, 0.6) is 5.75 Å². The number of ether oxygens (including phenoxy) is 1. The lowest BCUT2D eigenvalue weighted by molar-refractivity contribution is -0.142. The molecule has 0 radical (unpaired) electrons. The van der Waals surface area contributed by atoms with Crippen LogP contribution in [0.3, 0.4) is 0 Å². The van der Waals surface area contributed by atoms with Crippen LogP contribution in [0.2, 0.25) is 0 Å². The maximum atomic E-state index is 12.2. The van der Waals surface area contributed by atoms with E-state index in [4.69, 9.17) is 4.74 Å². The lowest BCUT2D eigenvalue weighted by Crippen LogP contribution is -2.41. The van der Waals surface area contributed by atoms with Gasteiger partial charge in [-0.2, -0.15) is 0 Å². The number of methoxy groups -OCH3 is 1. The molecule has 0 aromatic heterocycles. The largest absolute Gasteiger partial charge is 0.508 e. The van der Waals surface area contributed by atoms with Crippen LogP contribution in [0.1, 0.15) is 22.3 Å². The molecular formula is C19H19NO4. The third-order valence-corrected chi connectivity index (χ3v) is 3.40. The summed E-state index contributed by atoms with van der Waals surface area (Å²) in [7, 11) is 1.28. The van der Waals surface area contributed by atoms with E-state index in [1.807, 2.05) is 42.5 Å². The molecule has 0 bridgehead atoms. The summed E-state index contributed by atoms with van der Waals surface area (Å²) in [6.45, 7) is 0. The maximum absolute atomic E-state index is 12.2. The van der Waals surface area contributed by atoms with Crippen molar-refractivity contribution in [3.8, 4) is 5.75 Å². The van der Waals surface area contributed by atoms with Crippen molar-refractivity contribution in [3.05, 3.63) is 71.8 Å². The third kappa shape index (κ3) is 4.98. The average molecular weight is 325 g/mol. The molecule has 0 aliphatic carbocycles. The molecule has 0 saturated heterocycles. The number of phenolic OH excluding ortho intramolecular Hbond substituents is 1. The third-order valence-electron chi connectivity index (χ3n) is 3.40. The zero-order chi connectivity index (χ0) is 17.4. The minimum atomic E-state index is -0.781. The van der Waals surface area contributed by atoms with E-state index in [1.165, 1.54) is 31.4 Å². The van der Waals surface area contributed by atoms with Crippen LogP contribution >= 0.6 is 0 Å². The summed E-state index contributed by atoms with van der Waals surface area (Å²) >= 11 is 0. The summed E-state index contributed by atoms with van der Waals surface area (Å²) in [5.41, 5.74) is 1.36. The molecule has 2 rings (SSSR count). The SMILES string of the molecule is COC(=O)[C@H](C/C=C/c1ccccc1)NC(=O)c1ccc(O)cc1. The first-order valence-corrected chi connectivity index (χ1v) is 7.49. The van der Waals surface area contributed by atoms with E-state index in [0.29, 0.717) is 12.0 Å². The number of aromatic hydroxyl groups is 1. The van der Waals surface area contributed by atoms with Crippen molar-refractivity contribution in [2.75, 3.05) is 7.11 Å². The monoisotopic (exact) mass is 325 g/mol. The van der Waals surface area contributed by atoms with Gasteiger partial charge in [-0.3, -0.25) is 4.79 Å². The number of carbonyl (C=O) groups is 2. The smallest absolute Gasteiger partial charge is 0.328 e. The number of benzene rings is 2. The number of hydrogen-bond donors (Lipinski definition) is 2. The van der Waals surface area contributed by atoms with E-state index in [2.05, 4.69) is 5.32 Å². The summed E-state index contributed by atoms with van der Waals surface area (Å²) < 4.78 is 4.74. The highest BCUT2D eigenvalue weighted by molar-refractivity contribution is 5.96. The normalized spacial score (nSPS) is 11.9. The second-order valence-corrected chi connectivity index (χ2v) is 5.14. The van der Waals surface area contributed by atoms with E-state index in [0.717, 1.165) is 5.56 Å². The van der Waals surface area contributed by atoms with E-state index >= 15 is 0 Å². The van der Waals surface area contributed by atoms with Crippen molar-refractivity contribution < 1.29 is 19.4 Å². The number of carbonyl (C=O) groups excluding carboxylic acids is 2. The van der Waals surface area contributed by atoms with Crippen molar-refractivity contribution in [3.63, 3.8) is 0 Å². The molecule has 0 fully saturated rings. The molecular weight excluding hydrogens is 306 g/mol. The van der Waals surface area contributed by atoms with Gasteiger partial charge in [0.05, 0.1) is 7.11 Å². The lowest BCUT2D eigenvalue weighted by Gasteiger charge is -2.15. The van der Waals surface area contributed by atoms with E-state index < -0.39 is 17.9 Å². The van der Waals surface area contributed by atoms with Crippen molar-refractivity contribution in [1.82, 2.24) is 5.32 Å². The fourth-order valence-electron chi connectivity index (χ4n) is 2.12. The number of nitrogens with one attached hydrogen (secondary N) is 1. The molecule has 2 N–H and O–H groups in total. The number of rotatable bonds is 6. The Kier molecular flexibility index (Phi) is 6.14. The first kappa shape index (κ1) is 17.3. The minimum Gasteiger partial charge on any atom is -0.508 e. The van der Waals surface area contributed by atoms with Crippen LogP contribution < -0.4 is 5.32 Å². The molecule has 1 amide bonds. The Morgan fingerprint density at radius 1 is 1.12 bits per heavy atom. The minimum absolute atomic E-state index is 0.0712. The van der Waals surface area contributed by atoms with Crippen LogP contribution in [-0.2, 0) is 9.53 Å². The quantitative estimate of drug-likeness (QED) is 0.801. The van der Waals surface area contributed by atoms with Crippen molar-refractivity contribution >= 4 is 18.0 Å². The van der Waals surface area contributed by atoms with Gasteiger partial charge in [0.15, 0.2) is 0 Å². The van der Waals surface area contributed by atoms with Crippen LogP contribution in [0.15, 0.2) is 60.7 Å². The van der Waals surface area contributed by atoms with E-state index in [-0.39, 0.29) is 5.75 Å². The second kappa shape index (κ2) is 8.53. The molecule has 0 spiro atoms. The molecule has 0 aliphatic heterocycles. The first-order chi connectivity index (χ1) is 11.6. The number of esters is 1. The van der Waals surface area contributed by atoms with Gasteiger partial charge in [-0.05, 0) is 36.2 Å². The van der Waals surface area contributed by atoms with Crippen molar-refractivity contribution in [2.45, 2.75) is 12.5 Å². The van der Waals surface area contributed by atoms with Gasteiger partial charge < -0.3 is 15.2 Å². The maximum Gasteiger partial charge on any atom is 0.328 e. The van der Waals surface area contributed by atoms with Gasteiger partial charge in [0, 0.05) is 5.56 Å². The molecule has 0 heterocycles. The highest BCUT2D eigenvalue weighted by Gasteiger charge is 2.20. The standard InChI is InChI=1S/C19H19NO4/c1-24-19(23)17(9-5-8-14-6-3-2-4-7-14)20-18(22)15-10-12-16(21)13-11-15/h2-8,10-13,17,21H,9H2,1H3,(H,20,22)/b8-5+/t17-/m0/s1. The van der Waals surface area contributed by atoms with Crippen molar-refractivity contribution in [2.24, 2.45) is 0 Å². The van der Waals surface area contributed by atoms with Crippen LogP contribution in [0.4, 0.5) is 0 Å². The van der Waals surface area contributed by atoms with Gasteiger partial charge in [-0.25, -0.2) is 4.79 Å². The Hall–Kier alpha value is -3.08. The summed E-state index contributed by atoms with van der Waals surface area (Å²) in [5.74, 6) is -0.847. The molecule has 24 heavy (non-hydrogen) atoms. The topological polar surface area (TPSA) is 75.6 Å². The summed E-state index contributed by atoms with van der Waals surface area (Å²) in [5, 5.41) is 11.9. The fraction of sp³-hybridized carbons (Fsp3) is 0.158. The molecule has 0 aliphatic rings. The Labute approximate surface area is 140 Å². The van der Waals surface area contributed by atoms with Gasteiger partial charge in [-0.1, -0.05) is 42.5 Å². The van der Waals surface area contributed by atoms with Crippen LogP contribution in [0.25, 0.3) is 6.08 Å². The number of hydrogen-bond acceptors (Lipinski definition) is 4. The Balaban J connectivity index is 2.02. The highest BCUT2D eigenvalue weighted by Crippen LogP contribution is 2.10.